The van der Waals surface area contributed by atoms with E-state index in [-0.39, 0.29) is 43.4 Å². The summed E-state index contributed by atoms with van der Waals surface area (Å²) in [5.74, 6) is 0.896. The lowest BCUT2D eigenvalue weighted by molar-refractivity contribution is -0.138. The van der Waals surface area contributed by atoms with E-state index >= 15 is 0 Å². The van der Waals surface area contributed by atoms with Gasteiger partial charge in [0.15, 0.2) is 11.5 Å². The zero-order valence-electron chi connectivity index (χ0n) is 19.3. The van der Waals surface area contributed by atoms with E-state index in [2.05, 4.69) is 5.32 Å². The minimum Gasteiger partial charge on any atom is -0.495 e. The lowest BCUT2D eigenvalue weighted by Crippen LogP contribution is -2.44. The Morgan fingerprint density at radius 3 is 2.60 bits per heavy atom. The van der Waals surface area contributed by atoms with E-state index in [1.807, 2.05) is 0 Å². The quantitative estimate of drug-likeness (QED) is 0.678. The Bertz CT molecular complexity index is 1160. The number of hydrogen-bond acceptors (Lipinski definition) is 6. The summed E-state index contributed by atoms with van der Waals surface area (Å²) >= 11 is 6.12. The zero-order valence-corrected chi connectivity index (χ0v) is 20.0. The first kappa shape index (κ1) is 23.3. The molecule has 3 amide bonds. The molecule has 0 spiro atoms. The fraction of sp³-hybridized carbons (Fsp3) is 0.400. The van der Waals surface area contributed by atoms with Crippen molar-refractivity contribution in [2.75, 3.05) is 43.8 Å². The van der Waals surface area contributed by atoms with Gasteiger partial charge in [-0.3, -0.25) is 14.4 Å². The Hall–Kier alpha value is -3.46. The first-order valence-corrected chi connectivity index (χ1v) is 11.9. The van der Waals surface area contributed by atoms with Crippen molar-refractivity contribution in [3.63, 3.8) is 0 Å². The third kappa shape index (κ3) is 4.73. The SMILES string of the molecule is COc1ccc(Cl)cc1N1CC(C(=O)N2CCC(C(=O)Nc3ccc4c(c3)OCO4)CC2)CC1=O. The van der Waals surface area contributed by atoms with Crippen LogP contribution >= 0.6 is 11.6 Å². The van der Waals surface area contributed by atoms with Crippen molar-refractivity contribution in [3.05, 3.63) is 41.4 Å². The predicted octanol–water partition coefficient (Wildman–Crippen LogP) is 3.31. The summed E-state index contributed by atoms with van der Waals surface area (Å²) in [6.07, 6.45) is 1.27. The monoisotopic (exact) mass is 499 g/mol. The van der Waals surface area contributed by atoms with Crippen molar-refractivity contribution in [1.82, 2.24) is 4.90 Å². The van der Waals surface area contributed by atoms with Crippen molar-refractivity contribution in [3.8, 4) is 17.2 Å². The van der Waals surface area contributed by atoms with Crippen molar-refractivity contribution >= 4 is 40.7 Å². The molecule has 1 atom stereocenters. The molecule has 0 bridgehead atoms. The van der Waals surface area contributed by atoms with Gasteiger partial charge in [-0.1, -0.05) is 11.6 Å². The second-order valence-corrected chi connectivity index (χ2v) is 9.31. The van der Waals surface area contributed by atoms with Crippen molar-refractivity contribution < 1.29 is 28.6 Å². The molecule has 3 heterocycles. The molecule has 2 aromatic rings. The molecule has 5 rings (SSSR count). The van der Waals surface area contributed by atoms with E-state index in [4.69, 9.17) is 25.8 Å². The number of benzene rings is 2. The second-order valence-electron chi connectivity index (χ2n) is 8.88. The molecule has 1 unspecified atom stereocenters. The Labute approximate surface area is 207 Å². The second kappa shape index (κ2) is 9.65. The number of amides is 3. The van der Waals surface area contributed by atoms with Crippen LogP contribution in [-0.2, 0) is 14.4 Å². The molecule has 9 nitrogen and oxygen atoms in total. The zero-order chi connectivity index (χ0) is 24.5. The number of carbonyl (C=O) groups is 3. The van der Waals surface area contributed by atoms with E-state index in [1.165, 1.54) is 7.11 Å². The molecule has 3 aliphatic heterocycles. The molecule has 35 heavy (non-hydrogen) atoms. The Morgan fingerprint density at radius 2 is 1.83 bits per heavy atom. The standard InChI is InChI=1S/C25H26ClN3O6/c1-33-20-4-2-17(26)11-19(20)29-13-16(10-23(29)30)25(32)28-8-6-15(7-9-28)24(31)27-18-3-5-21-22(12-18)35-14-34-21/h2-5,11-12,15-16H,6-10,13-14H2,1H3,(H,27,31). The highest BCUT2D eigenvalue weighted by molar-refractivity contribution is 6.31. The minimum atomic E-state index is -0.440. The van der Waals surface area contributed by atoms with Crippen LogP contribution in [0.4, 0.5) is 11.4 Å². The summed E-state index contributed by atoms with van der Waals surface area (Å²) in [4.78, 5) is 42.0. The average Bonchev–Trinajstić information content (AvgIpc) is 3.49. The normalized spacial score (nSPS) is 19.7. The summed E-state index contributed by atoms with van der Waals surface area (Å²) in [5.41, 5.74) is 1.22. The van der Waals surface area contributed by atoms with Gasteiger partial charge < -0.3 is 29.3 Å². The van der Waals surface area contributed by atoms with Crippen LogP contribution in [0.3, 0.4) is 0 Å². The molecule has 10 heteroatoms. The molecule has 1 N–H and O–H groups in total. The lowest BCUT2D eigenvalue weighted by atomic mass is 9.94. The summed E-state index contributed by atoms with van der Waals surface area (Å²) < 4.78 is 16.0. The molecule has 184 valence electrons. The van der Waals surface area contributed by atoms with E-state index in [0.29, 0.717) is 59.6 Å². The van der Waals surface area contributed by atoms with Gasteiger partial charge in [0.1, 0.15) is 5.75 Å². The number of carbonyl (C=O) groups excluding carboxylic acids is 3. The van der Waals surface area contributed by atoms with Gasteiger partial charge >= 0.3 is 0 Å². The number of nitrogens with one attached hydrogen (secondary N) is 1. The third-order valence-corrected chi connectivity index (χ3v) is 6.96. The maximum Gasteiger partial charge on any atom is 0.231 e. The number of fused-ring (bicyclic) bond motifs is 1. The number of halogens is 1. The van der Waals surface area contributed by atoms with Crippen LogP contribution in [0, 0.1) is 11.8 Å². The highest BCUT2D eigenvalue weighted by Crippen LogP contribution is 2.37. The van der Waals surface area contributed by atoms with Gasteiger partial charge in [-0.15, -0.1) is 0 Å². The molecule has 3 aliphatic rings. The molecule has 2 fully saturated rings. The van der Waals surface area contributed by atoms with E-state index < -0.39 is 5.92 Å². The van der Waals surface area contributed by atoms with Crippen LogP contribution in [0.25, 0.3) is 0 Å². The average molecular weight is 500 g/mol. The Kier molecular flexibility index (Phi) is 6.42. The van der Waals surface area contributed by atoms with Crippen molar-refractivity contribution in [2.24, 2.45) is 11.8 Å². The number of nitrogens with zero attached hydrogens (tertiary/aromatic N) is 2. The maximum absolute atomic E-state index is 13.2. The minimum absolute atomic E-state index is 0.0588. The molecule has 0 saturated carbocycles. The van der Waals surface area contributed by atoms with Gasteiger partial charge in [0.2, 0.25) is 24.5 Å². The number of methoxy groups -OCH3 is 1. The van der Waals surface area contributed by atoms with Crippen LogP contribution in [0.5, 0.6) is 17.2 Å². The van der Waals surface area contributed by atoms with Crippen LogP contribution in [-0.4, -0.2) is 56.2 Å². The van der Waals surface area contributed by atoms with E-state index in [1.54, 1.807) is 46.2 Å². The molecular weight excluding hydrogens is 474 g/mol. The predicted molar refractivity (Wildman–Crippen MR) is 129 cm³/mol. The third-order valence-electron chi connectivity index (χ3n) is 6.72. The maximum atomic E-state index is 13.2. The molecule has 0 aliphatic carbocycles. The number of hydrogen-bond donors (Lipinski definition) is 1. The van der Waals surface area contributed by atoms with E-state index in [9.17, 15) is 14.4 Å². The first-order valence-electron chi connectivity index (χ1n) is 11.6. The largest absolute Gasteiger partial charge is 0.495 e. The first-order chi connectivity index (χ1) is 16.9. The highest BCUT2D eigenvalue weighted by Gasteiger charge is 2.39. The summed E-state index contributed by atoms with van der Waals surface area (Å²) in [5, 5.41) is 3.42. The van der Waals surface area contributed by atoms with Gasteiger partial charge in [0.05, 0.1) is 18.7 Å². The fourth-order valence-electron chi connectivity index (χ4n) is 4.82. The number of likely N-dealkylation sites (tertiary alicyclic amines) is 1. The van der Waals surface area contributed by atoms with Gasteiger partial charge in [-0.2, -0.15) is 0 Å². The van der Waals surface area contributed by atoms with Crippen LogP contribution in [0.2, 0.25) is 5.02 Å². The smallest absolute Gasteiger partial charge is 0.231 e. The van der Waals surface area contributed by atoms with Gasteiger partial charge in [-0.05, 0) is 43.2 Å². The molecule has 0 aromatic heterocycles. The lowest BCUT2D eigenvalue weighted by Gasteiger charge is -2.33. The topological polar surface area (TPSA) is 97.4 Å². The van der Waals surface area contributed by atoms with Crippen LogP contribution < -0.4 is 24.4 Å². The number of rotatable bonds is 5. The highest BCUT2D eigenvalue weighted by atomic mass is 35.5. The summed E-state index contributed by atoms with van der Waals surface area (Å²) in [6, 6.07) is 10.4. The van der Waals surface area contributed by atoms with E-state index in [0.717, 1.165) is 0 Å². The molecular formula is C25H26ClN3O6. The molecule has 2 aromatic carbocycles. The van der Waals surface area contributed by atoms with Gasteiger partial charge in [0, 0.05) is 48.7 Å². The fourth-order valence-corrected chi connectivity index (χ4v) is 4.99. The van der Waals surface area contributed by atoms with Gasteiger partial charge in [-0.25, -0.2) is 0 Å². The van der Waals surface area contributed by atoms with Crippen molar-refractivity contribution in [1.29, 1.82) is 0 Å². The number of ether oxygens (including phenoxy) is 3. The molecule has 2 saturated heterocycles. The van der Waals surface area contributed by atoms with Crippen LogP contribution in [0.1, 0.15) is 19.3 Å². The van der Waals surface area contributed by atoms with Gasteiger partial charge in [0.25, 0.3) is 0 Å². The Balaban J connectivity index is 1.16. The number of anilines is 2. The number of piperidine rings is 1. The van der Waals surface area contributed by atoms with Crippen molar-refractivity contribution in [2.45, 2.75) is 19.3 Å². The molecule has 0 radical (unpaired) electrons. The summed E-state index contributed by atoms with van der Waals surface area (Å²) in [6.45, 7) is 1.40. The summed E-state index contributed by atoms with van der Waals surface area (Å²) in [7, 11) is 1.53. The Morgan fingerprint density at radius 1 is 1.06 bits per heavy atom. The van der Waals surface area contributed by atoms with Crippen LogP contribution in [0.15, 0.2) is 36.4 Å².